The number of amides is 1. The second-order valence-electron chi connectivity index (χ2n) is 12.2. The van der Waals surface area contributed by atoms with E-state index in [-0.39, 0.29) is 85.2 Å². The zero-order valence-corrected chi connectivity index (χ0v) is 30.2. The van der Waals surface area contributed by atoms with Crippen LogP contribution in [0.4, 0.5) is 13.2 Å². The first-order valence-corrected chi connectivity index (χ1v) is 16.3. The van der Waals surface area contributed by atoms with E-state index in [9.17, 15) is 18.0 Å². The molecule has 16 heteroatoms. The highest BCUT2D eigenvalue weighted by molar-refractivity contribution is 5.91. The summed E-state index contributed by atoms with van der Waals surface area (Å²) in [6, 6.07) is 20.3. The molecule has 4 heterocycles. The molecule has 51 heavy (non-hydrogen) atoms. The molecule has 0 N–H and O–H groups in total. The molecule has 2 aliphatic heterocycles. The van der Waals surface area contributed by atoms with E-state index < -0.39 is 12.8 Å². The molecule has 0 saturated carbocycles. The largest absolute Gasteiger partial charge is 0.481 e. The van der Waals surface area contributed by atoms with Crippen molar-refractivity contribution in [3.05, 3.63) is 95.6 Å². The number of aryl methyl sites for hydroxylation is 1. The predicted molar refractivity (Wildman–Crippen MR) is 189 cm³/mol. The van der Waals surface area contributed by atoms with Crippen molar-refractivity contribution in [2.75, 3.05) is 53.0 Å². The molecule has 2 atom stereocenters. The van der Waals surface area contributed by atoms with Gasteiger partial charge in [0, 0.05) is 76.7 Å². The summed E-state index contributed by atoms with van der Waals surface area (Å²) < 4.78 is 58.0. The fraction of sp³-hybridized carbons (Fsp3) is 0.429. The molecular weight excluding hydrogens is 710 g/mol. The van der Waals surface area contributed by atoms with Crippen molar-refractivity contribution in [1.29, 1.82) is 0 Å². The van der Waals surface area contributed by atoms with Gasteiger partial charge in [-0.05, 0) is 18.1 Å². The van der Waals surface area contributed by atoms with Gasteiger partial charge in [0.2, 0.25) is 11.8 Å². The van der Waals surface area contributed by atoms with Crippen LogP contribution in [-0.4, -0.2) is 111 Å². The van der Waals surface area contributed by atoms with Crippen LogP contribution in [0.5, 0.6) is 17.8 Å². The smallest absolute Gasteiger partial charge is 0.422 e. The average Bonchev–Trinajstić information content (AvgIpc) is 3.53. The van der Waals surface area contributed by atoms with Crippen LogP contribution in [0.1, 0.15) is 40.2 Å². The Bertz CT molecular complexity index is 1680. The Labute approximate surface area is 307 Å². The van der Waals surface area contributed by atoms with Gasteiger partial charge in [-0.15, -0.1) is 24.8 Å². The lowest BCUT2D eigenvalue weighted by molar-refractivity contribution is -0.154. The number of ether oxygens (including phenoxy) is 3. The Morgan fingerprint density at radius 2 is 1.57 bits per heavy atom. The zero-order chi connectivity index (χ0) is 34.5. The molecule has 11 nitrogen and oxygen atoms in total. The Kier molecular flexibility index (Phi) is 13.5. The highest BCUT2D eigenvalue weighted by Crippen LogP contribution is 2.38. The number of hydrogen-bond acceptors (Lipinski definition) is 9. The van der Waals surface area contributed by atoms with Crippen molar-refractivity contribution in [2.45, 2.75) is 37.6 Å². The summed E-state index contributed by atoms with van der Waals surface area (Å²) in [6.07, 6.45) is -1.23. The van der Waals surface area contributed by atoms with Gasteiger partial charge in [0.1, 0.15) is 0 Å². The molecule has 1 amide bonds. The minimum absolute atomic E-state index is 0. The van der Waals surface area contributed by atoms with E-state index in [4.69, 9.17) is 14.2 Å². The Balaban J connectivity index is 0.00000292. The van der Waals surface area contributed by atoms with Crippen LogP contribution >= 0.6 is 24.8 Å². The maximum Gasteiger partial charge on any atom is 0.422 e. The topological polar surface area (TPSA) is 98.1 Å². The van der Waals surface area contributed by atoms with E-state index in [0.29, 0.717) is 38.5 Å². The summed E-state index contributed by atoms with van der Waals surface area (Å²) in [5.41, 5.74) is 2.57. The number of imidazole rings is 1. The first-order valence-electron chi connectivity index (χ1n) is 16.3. The van der Waals surface area contributed by atoms with Gasteiger partial charge in [0.15, 0.2) is 12.4 Å². The van der Waals surface area contributed by atoms with Gasteiger partial charge in [-0.25, -0.2) is 4.98 Å². The Hall–Kier alpha value is -4.11. The lowest BCUT2D eigenvalue weighted by Gasteiger charge is -2.53. The molecule has 2 fully saturated rings. The zero-order valence-electron chi connectivity index (χ0n) is 28.5. The highest BCUT2D eigenvalue weighted by Gasteiger charge is 2.44. The van der Waals surface area contributed by atoms with E-state index >= 15 is 0 Å². The summed E-state index contributed by atoms with van der Waals surface area (Å²) in [5.74, 6) is 0.0145. The minimum Gasteiger partial charge on any atom is -0.481 e. The fourth-order valence-corrected chi connectivity index (χ4v) is 6.91. The van der Waals surface area contributed by atoms with E-state index in [1.165, 1.54) is 7.11 Å². The van der Waals surface area contributed by atoms with E-state index in [2.05, 4.69) is 49.0 Å². The van der Waals surface area contributed by atoms with Crippen molar-refractivity contribution in [3.8, 4) is 17.8 Å². The predicted octanol–water partition coefficient (Wildman–Crippen LogP) is 5.25. The summed E-state index contributed by atoms with van der Waals surface area (Å²) in [6.45, 7) is 3.26. The van der Waals surface area contributed by atoms with Gasteiger partial charge in [-0.3, -0.25) is 14.6 Å². The SMILES string of the molecule is CCOc1nc(OC)c(CN2C[C@@H]3CN(C(=O)c4nccn4C)CCN3[C@H](C(c3ccccc3)c3ccccc3)C2)c(OCC(F)(F)F)n1.Cl.Cl. The van der Waals surface area contributed by atoms with Crippen molar-refractivity contribution >= 4 is 30.7 Å². The number of alkyl halides is 3. The van der Waals surface area contributed by atoms with Crippen LogP contribution in [0, 0.1) is 0 Å². The maximum absolute atomic E-state index is 13.6. The van der Waals surface area contributed by atoms with Crippen LogP contribution in [0.3, 0.4) is 0 Å². The highest BCUT2D eigenvalue weighted by atomic mass is 35.5. The number of piperazine rings is 2. The fourth-order valence-electron chi connectivity index (χ4n) is 6.91. The van der Waals surface area contributed by atoms with Gasteiger partial charge in [0.25, 0.3) is 5.91 Å². The standard InChI is InChI=1S/C35H40F3N7O4.2ClH/c1-4-48-34-40-31(47-3)27(32(41-34)49-23-35(36,37)38)21-43-19-26-20-44(33(46)30-39-15-16-42(30)2)17-18-45(26)28(22-43)29(24-11-7-5-8-12-24)25-13-9-6-10-14-25;;/h5-16,26,28-29H,4,17-23H2,1-3H3;2*1H/t26-,28+;;/m1../s1. The number of rotatable bonds is 11. The number of hydrogen-bond donors (Lipinski definition) is 0. The first kappa shape index (κ1) is 39.7. The van der Waals surface area contributed by atoms with Crippen LogP contribution in [-0.2, 0) is 13.6 Å². The quantitative estimate of drug-likeness (QED) is 0.204. The molecule has 276 valence electrons. The van der Waals surface area contributed by atoms with Crippen molar-refractivity contribution < 1.29 is 32.2 Å². The number of nitrogens with zero attached hydrogens (tertiary/aromatic N) is 7. The number of fused-ring (bicyclic) bond motifs is 1. The molecule has 6 rings (SSSR count). The number of aromatic nitrogens is 4. The third-order valence-corrected chi connectivity index (χ3v) is 9.00. The molecule has 0 radical (unpaired) electrons. The van der Waals surface area contributed by atoms with Crippen LogP contribution in [0.2, 0.25) is 0 Å². The number of carbonyl (C=O) groups excluding carboxylic acids is 1. The monoisotopic (exact) mass is 751 g/mol. The second kappa shape index (κ2) is 17.4. The molecular formula is C35H42Cl2F3N7O4. The lowest BCUT2D eigenvalue weighted by Crippen LogP contribution is -2.67. The molecule has 0 bridgehead atoms. The van der Waals surface area contributed by atoms with Crippen LogP contribution in [0.25, 0.3) is 0 Å². The first-order chi connectivity index (χ1) is 23.6. The number of halogens is 5. The van der Waals surface area contributed by atoms with Gasteiger partial charge in [0.05, 0.1) is 19.3 Å². The van der Waals surface area contributed by atoms with E-state index in [1.807, 2.05) is 41.3 Å². The molecule has 4 aromatic rings. The maximum atomic E-state index is 13.6. The normalized spacial score (nSPS) is 18.0. The van der Waals surface area contributed by atoms with Gasteiger partial charge < -0.3 is 23.7 Å². The summed E-state index contributed by atoms with van der Waals surface area (Å²) in [5, 5.41) is 0. The minimum atomic E-state index is -4.58. The lowest BCUT2D eigenvalue weighted by atomic mass is 9.81. The Morgan fingerprint density at radius 1 is 0.922 bits per heavy atom. The molecule has 0 aliphatic carbocycles. The third kappa shape index (κ3) is 9.23. The van der Waals surface area contributed by atoms with Gasteiger partial charge in [-0.2, -0.15) is 23.1 Å². The number of benzene rings is 2. The number of methoxy groups -OCH3 is 1. The molecule has 0 spiro atoms. The molecule has 2 aromatic carbocycles. The van der Waals surface area contributed by atoms with Crippen molar-refractivity contribution in [2.24, 2.45) is 7.05 Å². The Morgan fingerprint density at radius 3 is 2.14 bits per heavy atom. The molecule has 2 saturated heterocycles. The van der Waals surface area contributed by atoms with Crippen molar-refractivity contribution in [3.63, 3.8) is 0 Å². The van der Waals surface area contributed by atoms with Gasteiger partial charge in [-0.1, -0.05) is 60.7 Å². The second-order valence-corrected chi connectivity index (χ2v) is 12.2. The summed E-state index contributed by atoms with van der Waals surface area (Å²) >= 11 is 0. The van der Waals surface area contributed by atoms with E-state index in [1.54, 1.807) is 30.9 Å². The molecule has 2 aliphatic rings. The van der Waals surface area contributed by atoms with Crippen LogP contribution < -0.4 is 14.2 Å². The van der Waals surface area contributed by atoms with E-state index in [0.717, 1.165) is 11.1 Å². The molecule has 0 unspecified atom stereocenters. The average molecular weight is 753 g/mol. The van der Waals surface area contributed by atoms with Gasteiger partial charge >= 0.3 is 12.2 Å². The number of carbonyl (C=O) groups is 1. The van der Waals surface area contributed by atoms with Crippen LogP contribution in [0.15, 0.2) is 73.1 Å². The summed E-state index contributed by atoms with van der Waals surface area (Å²) in [4.78, 5) is 32.9. The third-order valence-electron chi connectivity index (χ3n) is 9.00. The van der Waals surface area contributed by atoms with Crippen molar-refractivity contribution in [1.82, 2.24) is 34.2 Å². The summed E-state index contributed by atoms with van der Waals surface area (Å²) in [7, 11) is 3.20. The molecule has 2 aromatic heterocycles.